The van der Waals surface area contributed by atoms with Crippen molar-refractivity contribution in [3.63, 3.8) is 0 Å². The number of hydrogen-bond donors (Lipinski definition) is 0. The molecule has 0 saturated carbocycles. The van der Waals surface area contributed by atoms with Crippen LogP contribution in [0.4, 0.5) is 0 Å². The van der Waals surface area contributed by atoms with E-state index in [9.17, 15) is 9.59 Å². The van der Waals surface area contributed by atoms with E-state index in [0.717, 1.165) is 52.7 Å². The number of carbonyl (C=O) groups excluding carboxylic acids is 1. The molecular formula is C20H20N2O3S. The smallest absolute Gasteiger partial charge is 0.303 e. The molecule has 1 aromatic carbocycles. The predicted octanol–water partition coefficient (Wildman–Crippen LogP) is 3.70. The van der Waals surface area contributed by atoms with Crippen LogP contribution in [0.1, 0.15) is 41.6 Å². The van der Waals surface area contributed by atoms with E-state index in [0.29, 0.717) is 5.82 Å². The number of thiophene rings is 1. The summed E-state index contributed by atoms with van der Waals surface area (Å²) >= 11 is 1.60. The Balaban J connectivity index is 1.97. The molecule has 6 heteroatoms. The van der Waals surface area contributed by atoms with E-state index >= 15 is 0 Å². The lowest BCUT2D eigenvalue weighted by molar-refractivity contribution is -0.142. The zero-order valence-electron chi connectivity index (χ0n) is 14.9. The molecule has 0 radical (unpaired) electrons. The third kappa shape index (κ3) is 2.94. The minimum atomic E-state index is -0.389. The number of aromatic nitrogens is 2. The molecule has 0 aliphatic heterocycles. The fraction of sp³-hybridized carbons (Fsp3) is 0.350. The summed E-state index contributed by atoms with van der Waals surface area (Å²) in [5, 5.41) is 0.733. The molecule has 26 heavy (non-hydrogen) atoms. The minimum Gasteiger partial charge on any atom is -0.458 e. The highest BCUT2D eigenvalue weighted by Crippen LogP contribution is 2.34. The molecule has 4 rings (SSSR count). The van der Waals surface area contributed by atoms with Crippen molar-refractivity contribution in [3.05, 3.63) is 56.4 Å². The standard InChI is InChI=1S/C20H20N2O3S/c1-12-7-9-14(10-8-12)22-17(11-25-13(2)23)21-19-18(20(22)24)15-5-3-4-6-16(15)26-19/h7-10H,3-6,11H2,1-2H3. The Morgan fingerprint density at radius 2 is 1.96 bits per heavy atom. The molecule has 0 unspecified atom stereocenters. The second kappa shape index (κ2) is 6.68. The molecule has 0 bridgehead atoms. The summed E-state index contributed by atoms with van der Waals surface area (Å²) in [5.74, 6) is 0.0698. The maximum atomic E-state index is 13.4. The van der Waals surface area contributed by atoms with Gasteiger partial charge in [-0.05, 0) is 50.3 Å². The average Bonchev–Trinajstić information content (AvgIpc) is 2.99. The van der Waals surface area contributed by atoms with Gasteiger partial charge >= 0.3 is 5.97 Å². The minimum absolute atomic E-state index is 0.0169. The molecular weight excluding hydrogens is 348 g/mol. The molecule has 2 heterocycles. The Kier molecular flexibility index (Phi) is 4.36. The molecule has 1 aliphatic rings. The number of esters is 1. The first-order valence-corrected chi connectivity index (χ1v) is 9.63. The van der Waals surface area contributed by atoms with Crippen LogP contribution in [0.5, 0.6) is 0 Å². The Morgan fingerprint density at radius 3 is 2.69 bits per heavy atom. The van der Waals surface area contributed by atoms with Crippen molar-refractivity contribution in [2.24, 2.45) is 0 Å². The van der Waals surface area contributed by atoms with E-state index in [1.54, 1.807) is 15.9 Å². The number of nitrogens with zero attached hydrogens (tertiary/aromatic N) is 2. The topological polar surface area (TPSA) is 61.2 Å². The molecule has 0 atom stereocenters. The van der Waals surface area contributed by atoms with Gasteiger partial charge in [-0.1, -0.05) is 17.7 Å². The Morgan fingerprint density at radius 1 is 1.23 bits per heavy atom. The number of carbonyl (C=O) groups is 1. The Labute approximate surface area is 155 Å². The van der Waals surface area contributed by atoms with Gasteiger partial charge in [0.15, 0.2) is 5.82 Å². The molecule has 2 aromatic heterocycles. The van der Waals surface area contributed by atoms with Gasteiger partial charge in [-0.2, -0.15) is 0 Å². The van der Waals surface area contributed by atoms with E-state index < -0.39 is 0 Å². The Bertz CT molecular complexity index is 1050. The number of hydrogen-bond acceptors (Lipinski definition) is 5. The van der Waals surface area contributed by atoms with E-state index in [1.165, 1.54) is 11.8 Å². The van der Waals surface area contributed by atoms with Crippen LogP contribution in [-0.4, -0.2) is 15.5 Å². The van der Waals surface area contributed by atoms with Crippen LogP contribution in [0, 0.1) is 6.92 Å². The van der Waals surface area contributed by atoms with E-state index in [-0.39, 0.29) is 18.1 Å². The van der Waals surface area contributed by atoms with Crippen molar-refractivity contribution in [2.45, 2.75) is 46.1 Å². The number of rotatable bonds is 3. The second-order valence-corrected chi connectivity index (χ2v) is 7.76. The number of ether oxygens (including phenoxy) is 1. The van der Waals surface area contributed by atoms with E-state index in [1.807, 2.05) is 31.2 Å². The first-order chi connectivity index (χ1) is 12.5. The van der Waals surface area contributed by atoms with Crippen molar-refractivity contribution in [1.82, 2.24) is 9.55 Å². The van der Waals surface area contributed by atoms with Gasteiger partial charge in [0.05, 0.1) is 11.1 Å². The third-order valence-corrected chi connectivity index (χ3v) is 5.94. The van der Waals surface area contributed by atoms with Gasteiger partial charge in [0, 0.05) is 11.8 Å². The molecule has 1 aliphatic carbocycles. The van der Waals surface area contributed by atoms with Crippen LogP contribution in [-0.2, 0) is 29.0 Å². The van der Waals surface area contributed by atoms with Crippen LogP contribution < -0.4 is 5.56 Å². The SMILES string of the molecule is CC(=O)OCc1nc2sc3c(c2c(=O)n1-c1ccc(C)cc1)CCCC3. The van der Waals surface area contributed by atoms with Gasteiger partial charge in [-0.3, -0.25) is 14.2 Å². The zero-order chi connectivity index (χ0) is 18.3. The van der Waals surface area contributed by atoms with Crippen molar-refractivity contribution in [3.8, 4) is 5.69 Å². The molecule has 0 fully saturated rings. The van der Waals surface area contributed by atoms with Crippen LogP contribution in [0.15, 0.2) is 29.1 Å². The second-order valence-electron chi connectivity index (χ2n) is 6.68. The largest absolute Gasteiger partial charge is 0.458 e. The van der Waals surface area contributed by atoms with Crippen LogP contribution >= 0.6 is 11.3 Å². The maximum Gasteiger partial charge on any atom is 0.303 e. The summed E-state index contributed by atoms with van der Waals surface area (Å²) in [6, 6.07) is 7.73. The molecule has 5 nitrogen and oxygen atoms in total. The summed E-state index contributed by atoms with van der Waals surface area (Å²) in [4.78, 5) is 31.4. The van der Waals surface area contributed by atoms with Crippen molar-refractivity contribution in [2.75, 3.05) is 0 Å². The monoisotopic (exact) mass is 368 g/mol. The fourth-order valence-electron chi connectivity index (χ4n) is 3.47. The van der Waals surface area contributed by atoms with Crippen molar-refractivity contribution < 1.29 is 9.53 Å². The van der Waals surface area contributed by atoms with E-state index in [4.69, 9.17) is 9.72 Å². The Hall–Kier alpha value is -2.47. The maximum absolute atomic E-state index is 13.4. The highest BCUT2D eigenvalue weighted by molar-refractivity contribution is 7.18. The lowest BCUT2D eigenvalue weighted by Crippen LogP contribution is -2.25. The molecule has 0 spiro atoms. The average molecular weight is 368 g/mol. The first kappa shape index (κ1) is 17.0. The lowest BCUT2D eigenvalue weighted by atomic mass is 9.97. The van der Waals surface area contributed by atoms with Crippen molar-refractivity contribution in [1.29, 1.82) is 0 Å². The number of aryl methyl sites for hydroxylation is 3. The first-order valence-electron chi connectivity index (χ1n) is 8.81. The normalized spacial score (nSPS) is 13.6. The van der Waals surface area contributed by atoms with Crippen molar-refractivity contribution >= 4 is 27.5 Å². The van der Waals surface area contributed by atoms with Gasteiger partial charge in [0.2, 0.25) is 0 Å². The van der Waals surface area contributed by atoms with Gasteiger partial charge < -0.3 is 4.74 Å². The summed E-state index contributed by atoms with van der Waals surface area (Å²) in [5.41, 5.74) is 2.95. The zero-order valence-corrected chi connectivity index (χ0v) is 15.7. The summed E-state index contributed by atoms with van der Waals surface area (Å²) in [7, 11) is 0. The van der Waals surface area contributed by atoms with Crippen LogP contribution in [0.25, 0.3) is 15.9 Å². The quantitative estimate of drug-likeness (QED) is 0.662. The predicted molar refractivity (Wildman–Crippen MR) is 102 cm³/mol. The molecule has 0 saturated heterocycles. The lowest BCUT2D eigenvalue weighted by Gasteiger charge is -2.14. The van der Waals surface area contributed by atoms with E-state index in [2.05, 4.69) is 0 Å². The van der Waals surface area contributed by atoms with Gasteiger partial charge in [0.1, 0.15) is 11.4 Å². The fourth-order valence-corrected chi connectivity index (χ4v) is 4.74. The number of benzene rings is 1. The van der Waals surface area contributed by atoms with Gasteiger partial charge in [-0.25, -0.2) is 4.98 Å². The summed E-state index contributed by atoms with van der Waals surface area (Å²) in [6.07, 6.45) is 4.22. The van der Waals surface area contributed by atoms with Gasteiger partial charge in [0.25, 0.3) is 5.56 Å². The molecule has 0 N–H and O–H groups in total. The highest BCUT2D eigenvalue weighted by atomic mass is 32.1. The molecule has 0 amide bonds. The summed E-state index contributed by atoms with van der Waals surface area (Å²) < 4.78 is 6.75. The molecule has 3 aromatic rings. The highest BCUT2D eigenvalue weighted by Gasteiger charge is 2.22. The van der Waals surface area contributed by atoms with Gasteiger partial charge in [-0.15, -0.1) is 11.3 Å². The summed E-state index contributed by atoms with van der Waals surface area (Å²) in [6.45, 7) is 3.34. The van der Waals surface area contributed by atoms with Crippen LogP contribution in [0.2, 0.25) is 0 Å². The molecule has 134 valence electrons. The van der Waals surface area contributed by atoms with Crippen LogP contribution in [0.3, 0.4) is 0 Å². The third-order valence-electron chi connectivity index (χ3n) is 4.76. The number of fused-ring (bicyclic) bond motifs is 3.